The highest BCUT2D eigenvalue weighted by Crippen LogP contribution is 2.34. The minimum absolute atomic E-state index is 0.0243. The first-order chi connectivity index (χ1) is 14.3. The molecule has 0 aliphatic heterocycles. The fourth-order valence-electron chi connectivity index (χ4n) is 2.65. The Bertz CT molecular complexity index is 1050. The summed E-state index contributed by atoms with van der Waals surface area (Å²) in [5.41, 5.74) is -0.879. The van der Waals surface area contributed by atoms with Gasteiger partial charge >= 0.3 is 6.18 Å². The molecule has 2 aromatic carbocycles. The number of nitrogens with zero attached hydrogens (tertiary/aromatic N) is 4. The highest BCUT2D eigenvalue weighted by Gasteiger charge is 2.33. The van der Waals surface area contributed by atoms with Crippen molar-refractivity contribution in [3.63, 3.8) is 0 Å². The average molecular weight is 420 g/mol. The van der Waals surface area contributed by atoms with Gasteiger partial charge in [-0.2, -0.15) is 13.2 Å². The van der Waals surface area contributed by atoms with Gasteiger partial charge in [0.25, 0.3) is 5.69 Å². The van der Waals surface area contributed by atoms with Gasteiger partial charge in [-0.25, -0.2) is 4.68 Å². The summed E-state index contributed by atoms with van der Waals surface area (Å²) in [6.45, 7) is -0.0243. The summed E-state index contributed by atoms with van der Waals surface area (Å²) in [6.07, 6.45) is -1.68. The molecule has 0 fully saturated rings. The number of halogens is 3. The Morgan fingerprint density at radius 2 is 1.93 bits per heavy atom. The molecule has 0 unspecified atom stereocenters. The van der Waals surface area contributed by atoms with E-state index in [9.17, 15) is 28.1 Å². The van der Waals surface area contributed by atoms with Crippen LogP contribution >= 0.6 is 0 Å². The predicted octanol–water partition coefficient (Wildman–Crippen LogP) is 3.64. The first kappa shape index (κ1) is 20.8. The lowest BCUT2D eigenvalue weighted by atomic mass is 10.1. The number of nitrogens with one attached hydrogen (secondary N) is 2. The Morgan fingerprint density at radius 1 is 1.17 bits per heavy atom. The fraction of sp³-hybridized carbons (Fsp3) is 0.167. The lowest BCUT2D eigenvalue weighted by molar-refractivity contribution is -0.384. The van der Waals surface area contributed by atoms with Crippen LogP contribution in [0.5, 0.6) is 0 Å². The number of anilines is 2. The zero-order valence-corrected chi connectivity index (χ0v) is 15.3. The molecule has 0 saturated heterocycles. The molecule has 0 aliphatic rings. The van der Waals surface area contributed by atoms with E-state index in [-0.39, 0.29) is 18.7 Å². The monoisotopic (exact) mass is 420 g/mol. The number of para-hydroxylation sites is 2. The van der Waals surface area contributed by atoms with Crippen LogP contribution in [-0.4, -0.2) is 32.4 Å². The number of amides is 1. The zero-order valence-electron chi connectivity index (χ0n) is 15.3. The molecule has 30 heavy (non-hydrogen) atoms. The molecule has 1 amide bonds. The Morgan fingerprint density at radius 3 is 2.60 bits per heavy atom. The normalized spacial score (nSPS) is 11.2. The first-order valence-electron chi connectivity index (χ1n) is 8.61. The molecule has 0 saturated carbocycles. The van der Waals surface area contributed by atoms with Crippen LogP contribution in [0.1, 0.15) is 12.0 Å². The molecule has 1 aromatic heterocycles. The molecule has 9 nitrogen and oxygen atoms in total. The Labute approximate surface area is 167 Å². The van der Waals surface area contributed by atoms with Gasteiger partial charge in [-0.3, -0.25) is 14.9 Å². The van der Waals surface area contributed by atoms with Gasteiger partial charge in [0.1, 0.15) is 5.69 Å². The van der Waals surface area contributed by atoms with Gasteiger partial charge in [0.05, 0.1) is 34.3 Å². The molecule has 0 aliphatic carbocycles. The molecule has 0 spiro atoms. The number of carbonyl (C=O) groups excluding carboxylic acids is 1. The predicted molar refractivity (Wildman–Crippen MR) is 101 cm³/mol. The molecule has 2 N–H and O–H groups in total. The number of hydrogen-bond donors (Lipinski definition) is 2. The molecule has 0 atom stereocenters. The summed E-state index contributed by atoms with van der Waals surface area (Å²) >= 11 is 0. The van der Waals surface area contributed by atoms with Crippen molar-refractivity contribution >= 4 is 23.0 Å². The van der Waals surface area contributed by atoms with Crippen molar-refractivity contribution in [3.05, 3.63) is 70.5 Å². The second-order valence-electron chi connectivity index (χ2n) is 6.08. The first-order valence-corrected chi connectivity index (χ1v) is 8.61. The molecule has 3 aromatic rings. The van der Waals surface area contributed by atoms with Crippen LogP contribution in [0.2, 0.25) is 0 Å². The van der Waals surface area contributed by atoms with Crippen molar-refractivity contribution in [1.29, 1.82) is 0 Å². The quantitative estimate of drug-likeness (QED) is 0.446. The van der Waals surface area contributed by atoms with E-state index in [0.29, 0.717) is 17.4 Å². The van der Waals surface area contributed by atoms with Gasteiger partial charge in [0.2, 0.25) is 5.91 Å². The number of carbonyl (C=O) groups is 1. The highest BCUT2D eigenvalue weighted by molar-refractivity contribution is 5.93. The standard InChI is InChI=1S/C18H15F3N6O3/c19-18(20,21)12-5-6-13(16(11-12)27(29)30)22-8-7-17(28)24-14-3-1-2-4-15(14)26-10-9-23-25-26/h1-6,9-11,22H,7-8H2,(H,24,28). The highest BCUT2D eigenvalue weighted by atomic mass is 19.4. The average Bonchev–Trinajstić information content (AvgIpc) is 3.22. The molecular formula is C18H15F3N6O3. The summed E-state index contributed by atoms with van der Waals surface area (Å²) in [5.74, 6) is -0.398. The minimum Gasteiger partial charge on any atom is -0.379 e. The SMILES string of the molecule is O=C(CCNc1ccc(C(F)(F)F)cc1[N+](=O)[O-])Nc1ccccc1-n1ccnn1. The number of benzene rings is 2. The summed E-state index contributed by atoms with van der Waals surface area (Å²) in [6, 6.07) is 9.05. The number of hydrogen-bond acceptors (Lipinski definition) is 6. The van der Waals surface area contributed by atoms with Crippen molar-refractivity contribution < 1.29 is 22.9 Å². The van der Waals surface area contributed by atoms with Crippen molar-refractivity contribution in [3.8, 4) is 5.69 Å². The molecule has 0 radical (unpaired) electrons. The van der Waals surface area contributed by atoms with Crippen LogP contribution in [0.15, 0.2) is 54.9 Å². The number of rotatable bonds is 7. The maximum atomic E-state index is 12.8. The lowest BCUT2D eigenvalue weighted by Crippen LogP contribution is -2.18. The van der Waals surface area contributed by atoms with Crippen molar-refractivity contribution in [2.45, 2.75) is 12.6 Å². The van der Waals surface area contributed by atoms with Crippen molar-refractivity contribution in [2.24, 2.45) is 0 Å². The van der Waals surface area contributed by atoms with Gasteiger partial charge in [-0.05, 0) is 24.3 Å². The number of nitro groups is 1. The van der Waals surface area contributed by atoms with E-state index in [2.05, 4.69) is 20.9 Å². The van der Waals surface area contributed by atoms with Crippen LogP contribution in [-0.2, 0) is 11.0 Å². The van der Waals surface area contributed by atoms with E-state index >= 15 is 0 Å². The second kappa shape index (κ2) is 8.59. The third kappa shape index (κ3) is 4.90. The third-order valence-electron chi connectivity index (χ3n) is 4.04. The second-order valence-corrected chi connectivity index (χ2v) is 6.08. The van der Waals surface area contributed by atoms with Gasteiger partial charge in [-0.15, -0.1) is 5.10 Å². The number of alkyl halides is 3. The van der Waals surface area contributed by atoms with Gasteiger partial charge in [0, 0.05) is 19.0 Å². The van der Waals surface area contributed by atoms with E-state index in [1.165, 1.54) is 10.9 Å². The minimum atomic E-state index is -4.69. The molecule has 0 bridgehead atoms. The summed E-state index contributed by atoms with van der Waals surface area (Å²) in [5, 5.41) is 24.0. The smallest absolute Gasteiger partial charge is 0.379 e. The van der Waals surface area contributed by atoms with E-state index in [0.717, 1.165) is 12.1 Å². The maximum absolute atomic E-state index is 12.8. The van der Waals surface area contributed by atoms with Crippen LogP contribution in [0, 0.1) is 10.1 Å². The summed E-state index contributed by atoms with van der Waals surface area (Å²) in [7, 11) is 0. The van der Waals surface area contributed by atoms with E-state index < -0.39 is 28.3 Å². The Kier molecular flexibility index (Phi) is 5.95. The molecule has 1 heterocycles. The lowest BCUT2D eigenvalue weighted by Gasteiger charge is -2.12. The fourth-order valence-corrected chi connectivity index (χ4v) is 2.65. The summed E-state index contributed by atoms with van der Waals surface area (Å²) < 4.78 is 39.7. The topological polar surface area (TPSA) is 115 Å². The molecule has 3 rings (SSSR count). The Hall–Kier alpha value is -3.96. The number of nitro benzene ring substituents is 1. The van der Waals surface area contributed by atoms with Crippen LogP contribution in [0.25, 0.3) is 5.69 Å². The van der Waals surface area contributed by atoms with Gasteiger partial charge in [-0.1, -0.05) is 17.3 Å². The van der Waals surface area contributed by atoms with Crippen molar-refractivity contribution in [2.75, 3.05) is 17.2 Å². The van der Waals surface area contributed by atoms with E-state index in [1.54, 1.807) is 30.5 Å². The van der Waals surface area contributed by atoms with Crippen LogP contribution in [0.4, 0.5) is 30.2 Å². The largest absolute Gasteiger partial charge is 0.416 e. The van der Waals surface area contributed by atoms with Crippen LogP contribution < -0.4 is 10.6 Å². The Balaban J connectivity index is 1.64. The van der Waals surface area contributed by atoms with Crippen LogP contribution in [0.3, 0.4) is 0 Å². The van der Waals surface area contributed by atoms with E-state index in [1.807, 2.05) is 0 Å². The van der Waals surface area contributed by atoms with Crippen molar-refractivity contribution in [1.82, 2.24) is 15.0 Å². The van der Waals surface area contributed by atoms with Gasteiger partial charge < -0.3 is 10.6 Å². The molecular weight excluding hydrogens is 405 g/mol. The number of aromatic nitrogens is 3. The molecule has 12 heteroatoms. The summed E-state index contributed by atoms with van der Waals surface area (Å²) in [4.78, 5) is 22.4. The van der Waals surface area contributed by atoms with Gasteiger partial charge in [0.15, 0.2) is 0 Å². The maximum Gasteiger partial charge on any atom is 0.416 e. The molecule has 156 valence electrons. The zero-order chi connectivity index (χ0) is 21.7. The van der Waals surface area contributed by atoms with E-state index in [4.69, 9.17) is 0 Å². The third-order valence-corrected chi connectivity index (χ3v) is 4.04.